The molecule has 1 heterocycles. The SMILES string of the molecule is CN(C)C1CC2(CCC1N(C)C(=O)c1ccc(Br)cc1)OCCO2.Cl. The molecule has 25 heavy (non-hydrogen) atoms. The number of carbonyl (C=O) groups excluding carboxylic acids is 1. The maximum Gasteiger partial charge on any atom is 0.253 e. The largest absolute Gasteiger partial charge is 0.347 e. The Labute approximate surface area is 164 Å². The fourth-order valence-corrected chi connectivity index (χ4v) is 4.07. The molecule has 3 rings (SSSR count). The van der Waals surface area contributed by atoms with Gasteiger partial charge in [-0.15, -0.1) is 12.4 Å². The molecule has 2 unspecified atom stereocenters. The van der Waals surface area contributed by atoms with Crippen molar-refractivity contribution in [1.82, 2.24) is 9.80 Å². The first-order chi connectivity index (χ1) is 11.4. The Bertz CT molecular complexity index is 590. The second-order valence-electron chi connectivity index (χ2n) is 6.87. The molecule has 0 N–H and O–H groups in total. The fourth-order valence-electron chi connectivity index (χ4n) is 3.80. The van der Waals surface area contributed by atoms with Crippen LogP contribution in [0.2, 0.25) is 0 Å². The van der Waals surface area contributed by atoms with Crippen LogP contribution in [0.25, 0.3) is 0 Å². The van der Waals surface area contributed by atoms with Gasteiger partial charge in [0.15, 0.2) is 5.79 Å². The summed E-state index contributed by atoms with van der Waals surface area (Å²) < 4.78 is 12.8. The molecule has 2 fully saturated rings. The van der Waals surface area contributed by atoms with Crippen molar-refractivity contribution >= 4 is 34.2 Å². The van der Waals surface area contributed by atoms with Gasteiger partial charge in [-0.3, -0.25) is 4.79 Å². The summed E-state index contributed by atoms with van der Waals surface area (Å²) in [6.07, 6.45) is 2.50. The van der Waals surface area contributed by atoms with E-state index < -0.39 is 5.79 Å². The molecule has 1 aliphatic heterocycles. The molecular formula is C18H26BrClN2O3. The summed E-state index contributed by atoms with van der Waals surface area (Å²) >= 11 is 3.41. The first-order valence-electron chi connectivity index (χ1n) is 8.39. The molecule has 5 nitrogen and oxygen atoms in total. The number of likely N-dealkylation sites (N-methyl/N-ethyl adjacent to an activating group) is 2. The van der Waals surface area contributed by atoms with Gasteiger partial charge >= 0.3 is 0 Å². The Balaban J connectivity index is 0.00000225. The van der Waals surface area contributed by atoms with Crippen molar-refractivity contribution < 1.29 is 14.3 Å². The molecule has 140 valence electrons. The number of benzene rings is 1. The smallest absolute Gasteiger partial charge is 0.253 e. The lowest BCUT2D eigenvalue weighted by Crippen LogP contribution is -2.57. The van der Waals surface area contributed by atoms with Gasteiger partial charge in [0, 0.05) is 42.0 Å². The highest BCUT2D eigenvalue weighted by Crippen LogP contribution is 2.39. The minimum atomic E-state index is -0.451. The second-order valence-corrected chi connectivity index (χ2v) is 7.79. The molecule has 7 heteroatoms. The Hall–Kier alpha value is -0.660. The van der Waals surface area contributed by atoms with E-state index in [0.29, 0.717) is 18.8 Å². The molecule has 1 spiro atoms. The Morgan fingerprint density at radius 3 is 2.28 bits per heavy atom. The van der Waals surface area contributed by atoms with Crippen LogP contribution in [-0.4, -0.2) is 67.9 Å². The summed E-state index contributed by atoms with van der Waals surface area (Å²) in [5, 5.41) is 0. The zero-order chi connectivity index (χ0) is 17.3. The maximum atomic E-state index is 12.9. The monoisotopic (exact) mass is 432 g/mol. The minimum absolute atomic E-state index is 0. The van der Waals surface area contributed by atoms with E-state index >= 15 is 0 Å². The second kappa shape index (κ2) is 8.35. The van der Waals surface area contributed by atoms with Gasteiger partial charge in [0.25, 0.3) is 5.91 Å². The molecule has 1 aliphatic carbocycles. The molecule has 1 aromatic rings. The highest BCUT2D eigenvalue weighted by Gasteiger charge is 2.47. The highest BCUT2D eigenvalue weighted by molar-refractivity contribution is 9.10. The number of ether oxygens (including phenoxy) is 2. The van der Waals surface area contributed by atoms with Gasteiger partial charge in [-0.2, -0.15) is 0 Å². The number of hydrogen-bond donors (Lipinski definition) is 0. The van der Waals surface area contributed by atoms with E-state index in [4.69, 9.17) is 9.47 Å². The number of halogens is 2. The van der Waals surface area contributed by atoms with Gasteiger partial charge in [-0.1, -0.05) is 15.9 Å². The first kappa shape index (κ1) is 20.6. The van der Waals surface area contributed by atoms with Crippen molar-refractivity contribution in [2.24, 2.45) is 0 Å². The van der Waals surface area contributed by atoms with Gasteiger partial charge in [0.1, 0.15) is 0 Å². The summed E-state index contributed by atoms with van der Waals surface area (Å²) in [6, 6.07) is 7.89. The number of hydrogen-bond acceptors (Lipinski definition) is 4. The standard InChI is InChI=1S/C18H25BrN2O3.ClH/c1-20(2)16-12-18(23-10-11-24-18)9-8-15(16)21(3)17(22)13-4-6-14(19)7-5-13;/h4-7,15-16H,8-12H2,1-3H3;1H. The van der Waals surface area contributed by atoms with Gasteiger partial charge < -0.3 is 19.3 Å². The Morgan fingerprint density at radius 2 is 1.72 bits per heavy atom. The third kappa shape index (κ3) is 4.37. The van der Waals surface area contributed by atoms with E-state index in [2.05, 4.69) is 34.9 Å². The quantitative estimate of drug-likeness (QED) is 0.734. The highest BCUT2D eigenvalue weighted by atomic mass is 79.9. The molecule has 0 aromatic heterocycles. The van der Waals surface area contributed by atoms with E-state index in [1.54, 1.807) is 0 Å². The van der Waals surface area contributed by atoms with Crippen LogP contribution >= 0.6 is 28.3 Å². The molecule has 0 bridgehead atoms. The van der Waals surface area contributed by atoms with Gasteiger partial charge in [-0.05, 0) is 44.8 Å². The van der Waals surface area contributed by atoms with E-state index in [-0.39, 0.29) is 30.4 Å². The molecule has 1 saturated carbocycles. The number of carbonyl (C=O) groups is 1. The molecule has 1 aromatic carbocycles. The van der Waals surface area contributed by atoms with Crippen LogP contribution < -0.4 is 0 Å². The van der Waals surface area contributed by atoms with E-state index in [9.17, 15) is 4.79 Å². The average Bonchev–Trinajstić information content (AvgIpc) is 3.02. The number of amides is 1. The average molecular weight is 434 g/mol. The topological polar surface area (TPSA) is 42.0 Å². The molecule has 1 amide bonds. The third-order valence-corrected chi connectivity index (χ3v) is 5.70. The predicted molar refractivity (Wildman–Crippen MR) is 103 cm³/mol. The van der Waals surface area contributed by atoms with Gasteiger partial charge in [-0.25, -0.2) is 0 Å². The van der Waals surface area contributed by atoms with Gasteiger partial charge in [0.2, 0.25) is 0 Å². The maximum absolute atomic E-state index is 12.9. The third-order valence-electron chi connectivity index (χ3n) is 5.17. The molecule has 2 atom stereocenters. The minimum Gasteiger partial charge on any atom is -0.347 e. The van der Waals surface area contributed by atoms with E-state index in [0.717, 1.165) is 23.7 Å². The van der Waals surface area contributed by atoms with Crippen LogP contribution in [0.4, 0.5) is 0 Å². The van der Waals surface area contributed by atoms with Crippen LogP contribution in [0.1, 0.15) is 29.6 Å². The summed E-state index contributed by atoms with van der Waals surface area (Å²) in [5.74, 6) is -0.393. The zero-order valence-electron chi connectivity index (χ0n) is 14.9. The van der Waals surface area contributed by atoms with Crippen molar-refractivity contribution in [3.63, 3.8) is 0 Å². The van der Waals surface area contributed by atoms with Gasteiger partial charge in [0.05, 0.1) is 13.2 Å². The van der Waals surface area contributed by atoms with Crippen LogP contribution in [0.15, 0.2) is 28.7 Å². The van der Waals surface area contributed by atoms with Crippen molar-refractivity contribution in [3.8, 4) is 0 Å². The van der Waals surface area contributed by atoms with Crippen molar-refractivity contribution in [2.75, 3.05) is 34.4 Å². The molecule has 1 saturated heterocycles. The summed E-state index contributed by atoms with van der Waals surface area (Å²) in [5.41, 5.74) is 0.715. The predicted octanol–water partition coefficient (Wildman–Crippen LogP) is 3.17. The first-order valence-corrected chi connectivity index (χ1v) is 9.18. The van der Waals surface area contributed by atoms with Crippen LogP contribution in [0.5, 0.6) is 0 Å². The van der Waals surface area contributed by atoms with Crippen LogP contribution in [0.3, 0.4) is 0 Å². The lowest BCUT2D eigenvalue weighted by molar-refractivity contribution is -0.195. The van der Waals surface area contributed by atoms with Crippen molar-refractivity contribution in [1.29, 1.82) is 0 Å². The lowest BCUT2D eigenvalue weighted by atomic mass is 9.84. The fraction of sp³-hybridized carbons (Fsp3) is 0.611. The van der Waals surface area contributed by atoms with E-state index in [1.807, 2.05) is 36.2 Å². The molecule has 2 aliphatic rings. The van der Waals surface area contributed by atoms with Crippen LogP contribution in [-0.2, 0) is 9.47 Å². The van der Waals surface area contributed by atoms with E-state index in [1.165, 1.54) is 0 Å². The normalized spacial score (nSPS) is 25.0. The number of rotatable bonds is 3. The van der Waals surface area contributed by atoms with Crippen molar-refractivity contribution in [3.05, 3.63) is 34.3 Å². The summed E-state index contributed by atoms with van der Waals surface area (Å²) in [7, 11) is 6.02. The Morgan fingerprint density at radius 1 is 1.12 bits per heavy atom. The lowest BCUT2D eigenvalue weighted by Gasteiger charge is -2.46. The molecule has 0 radical (unpaired) electrons. The Kier molecular flexibility index (Phi) is 6.90. The van der Waals surface area contributed by atoms with Crippen molar-refractivity contribution in [2.45, 2.75) is 37.1 Å². The number of nitrogens with zero attached hydrogens (tertiary/aromatic N) is 2. The summed E-state index contributed by atoms with van der Waals surface area (Å²) in [4.78, 5) is 16.9. The molecular weight excluding hydrogens is 408 g/mol. The summed E-state index contributed by atoms with van der Waals surface area (Å²) in [6.45, 7) is 1.33. The van der Waals surface area contributed by atoms with Crippen LogP contribution in [0, 0.1) is 0 Å². The zero-order valence-corrected chi connectivity index (χ0v) is 17.3.